The molecule has 6 nitrogen and oxygen atoms in total. The predicted molar refractivity (Wildman–Crippen MR) is 133 cm³/mol. The molecular formula is C22H24BrClN4O2S. The molecule has 0 radical (unpaired) electrons. The van der Waals surface area contributed by atoms with Crippen molar-refractivity contribution in [3.8, 4) is 0 Å². The van der Waals surface area contributed by atoms with Crippen molar-refractivity contribution < 1.29 is 9.59 Å². The average molecular weight is 524 g/mol. The van der Waals surface area contributed by atoms with Crippen LogP contribution >= 0.6 is 39.7 Å². The number of benzene rings is 2. The number of thiocarbonyl (C=S) groups is 1. The van der Waals surface area contributed by atoms with Crippen LogP contribution in [0.3, 0.4) is 0 Å². The third kappa shape index (κ3) is 6.18. The van der Waals surface area contributed by atoms with Crippen LogP contribution in [0.15, 0.2) is 46.9 Å². The van der Waals surface area contributed by atoms with Crippen LogP contribution in [0.2, 0.25) is 5.02 Å². The molecule has 2 aromatic carbocycles. The lowest BCUT2D eigenvalue weighted by atomic mass is 10.1. The highest BCUT2D eigenvalue weighted by molar-refractivity contribution is 9.10. The van der Waals surface area contributed by atoms with E-state index in [2.05, 4.69) is 31.5 Å². The predicted octanol–water partition coefficient (Wildman–Crippen LogP) is 4.53. The zero-order chi connectivity index (χ0) is 22.5. The maximum Gasteiger partial charge on any atom is 0.257 e. The van der Waals surface area contributed by atoms with E-state index in [9.17, 15) is 9.59 Å². The molecule has 164 valence electrons. The Hall–Kier alpha value is -2.16. The van der Waals surface area contributed by atoms with E-state index in [4.69, 9.17) is 23.8 Å². The number of amides is 2. The lowest BCUT2D eigenvalue weighted by Crippen LogP contribution is -2.50. The van der Waals surface area contributed by atoms with Gasteiger partial charge in [-0.1, -0.05) is 41.4 Å². The molecule has 2 N–H and O–H groups in total. The normalized spacial score (nSPS) is 13.8. The summed E-state index contributed by atoms with van der Waals surface area (Å²) in [6, 6.07) is 12.6. The van der Waals surface area contributed by atoms with Crippen LogP contribution in [-0.2, 0) is 4.79 Å². The van der Waals surface area contributed by atoms with Gasteiger partial charge < -0.3 is 15.1 Å². The quantitative estimate of drug-likeness (QED) is 0.577. The summed E-state index contributed by atoms with van der Waals surface area (Å²) >= 11 is 15.1. The Balaban J connectivity index is 1.57. The van der Waals surface area contributed by atoms with Gasteiger partial charge in [0.2, 0.25) is 5.91 Å². The van der Waals surface area contributed by atoms with E-state index >= 15 is 0 Å². The third-order valence-corrected chi connectivity index (χ3v) is 6.00. The van der Waals surface area contributed by atoms with Crippen LogP contribution in [-0.4, -0.2) is 48.0 Å². The van der Waals surface area contributed by atoms with E-state index in [0.29, 0.717) is 29.4 Å². The molecule has 1 heterocycles. The van der Waals surface area contributed by atoms with Gasteiger partial charge in [-0.3, -0.25) is 14.9 Å². The van der Waals surface area contributed by atoms with Crippen LogP contribution in [0, 0.1) is 5.92 Å². The molecular weight excluding hydrogens is 500 g/mol. The summed E-state index contributed by atoms with van der Waals surface area (Å²) in [6.07, 6.45) is 0. The van der Waals surface area contributed by atoms with Crippen molar-refractivity contribution in [2.24, 2.45) is 5.92 Å². The van der Waals surface area contributed by atoms with E-state index in [1.54, 1.807) is 30.3 Å². The van der Waals surface area contributed by atoms with E-state index in [1.807, 2.05) is 30.9 Å². The van der Waals surface area contributed by atoms with Gasteiger partial charge in [0.15, 0.2) is 5.11 Å². The zero-order valence-electron chi connectivity index (χ0n) is 17.3. The minimum atomic E-state index is -0.290. The Morgan fingerprint density at radius 3 is 2.29 bits per heavy atom. The Bertz CT molecular complexity index is 976. The van der Waals surface area contributed by atoms with Crippen molar-refractivity contribution in [1.29, 1.82) is 0 Å². The number of carbonyl (C=O) groups is 2. The molecule has 0 aliphatic carbocycles. The van der Waals surface area contributed by atoms with E-state index < -0.39 is 0 Å². The molecule has 0 saturated carbocycles. The lowest BCUT2D eigenvalue weighted by molar-refractivity contribution is -0.134. The molecule has 2 aromatic rings. The van der Waals surface area contributed by atoms with Crippen LogP contribution in [0.5, 0.6) is 0 Å². The minimum absolute atomic E-state index is 0.00795. The summed E-state index contributed by atoms with van der Waals surface area (Å²) in [4.78, 5) is 28.5. The molecule has 2 amide bonds. The second kappa shape index (κ2) is 10.4. The fraction of sp³-hybridized carbons (Fsp3) is 0.318. The van der Waals surface area contributed by atoms with Gasteiger partial charge in [-0.25, -0.2) is 0 Å². The van der Waals surface area contributed by atoms with Gasteiger partial charge in [-0.15, -0.1) is 0 Å². The topological polar surface area (TPSA) is 64.7 Å². The van der Waals surface area contributed by atoms with Gasteiger partial charge in [-0.05, 0) is 54.7 Å². The van der Waals surface area contributed by atoms with Crippen LogP contribution in [0.25, 0.3) is 0 Å². The first kappa shape index (κ1) is 23.5. The second-order valence-corrected chi connectivity index (χ2v) is 9.28. The van der Waals surface area contributed by atoms with Crippen molar-refractivity contribution in [3.05, 3.63) is 57.5 Å². The third-order valence-electron chi connectivity index (χ3n) is 4.96. The van der Waals surface area contributed by atoms with Crippen molar-refractivity contribution in [3.63, 3.8) is 0 Å². The number of anilines is 2. The minimum Gasteiger partial charge on any atom is -0.367 e. The SMILES string of the molecule is CC(C)C(=O)N1CCN(c2ccc(NC(=S)NC(=O)c3ccc(Br)cc3)cc2Cl)CC1. The average Bonchev–Trinajstić information content (AvgIpc) is 2.73. The summed E-state index contributed by atoms with van der Waals surface area (Å²) in [5.41, 5.74) is 2.10. The number of hydrogen-bond acceptors (Lipinski definition) is 4. The van der Waals surface area contributed by atoms with Crippen LogP contribution < -0.4 is 15.5 Å². The smallest absolute Gasteiger partial charge is 0.257 e. The van der Waals surface area contributed by atoms with Gasteiger partial charge in [0.25, 0.3) is 5.91 Å². The van der Waals surface area contributed by atoms with Crippen molar-refractivity contribution in [2.75, 3.05) is 36.4 Å². The van der Waals surface area contributed by atoms with Crippen LogP contribution in [0.4, 0.5) is 11.4 Å². The first-order valence-electron chi connectivity index (χ1n) is 9.96. The van der Waals surface area contributed by atoms with E-state index in [0.717, 1.165) is 23.2 Å². The standard InChI is InChI=1S/C22H24BrClN4O2S/c1-14(2)21(30)28-11-9-27(10-12-28)19-8-7-17(13-18(19)24)25-22(31)26-20(29)15-3-5-16(23)6-4-15/h3-8,13-14H,9-12H2,1-2H3,(H2,25,26,29,31). The molecule has 0 aromatic heterocycles. The number of nitrogens with zero attached hydrogens (tertiary/aromatic N) is 2. The first-order chi connectivity index (χ1) is 14.7. The number of halogens is 2. The van der Waals surface area contributed by atoms with Crippen molar-refractivity contribution in [1.82, 2.24) is 10.2 Å². The van der Waals surface area contributed by atoms with E-state index in [1.165, 1.54) is 0 Å². The number of rotatable bonds is 4. The molecule has 1 saturated heterocycles. The Kier molecular flexibility index (Phi) is 7.91. The molecule has 0 unspecified atom stereocenters. The van der Waals surface area contributed by atoms with Gasteiger partial charge in [0.1, 0.15) is 0 Å². The highest BCUT2D eigenvalue weighted by Crippen LogP contribution is 2.30. The fourth-order valence-corrected chi connectivity index (χ4v) is 4.09. The van der Waals surface area contributed by atoms with E-state index in [-0.39, 0.29) is 22.8 Å². The van der Waals surface area contributed by atoms with Gasteiger partial charge in [0, 0.05) is 47.8 Å². The van der Waals surface area contributed by atoms with Gasteiger partial charge in [0.05, 0.1) is 10.7 Å². The molecule has 0 spiro atoms. The Morgan fingerprint density at radius 2 is 1.71 bits per heavy atom. The monoisotopic (exact) mass is 522 g/mol. The Labute approximate surface area is 201 Å². The second-order valence-electron chi connectivity index (χ2n) is 7.55. The number of nitrogens with one attached hydrogen (secondary N) is 2. The molecule has 0 bridgehead atoms. The van der Waals surface area contributed by atoms with Gasteiger partial charge in [-0.2, -0.15) is 0 Å². The van der Waals surface area contributed by atoms with Crippen molar-refractivity contribution in [2.45, 2.75) is 13.8 Å². The zero-order valence-corrected chi connectivity index (χ0v) is 20.5. The van der Waals surface area contributed by atoms with Gasteiger partial charge >= 0.3 is 0 Å². The molecule has 1 aliphatic rings. The highest BCUT2D eigenvalue weighted by Gasteiger charge is 2.24. The number of hydrogen-bond donors (Lipinski definition) is 2. The molecule has 1 fully saturated rings. The fourth-order valence-electron chi connectivity index (χ4n) is 3.31. The molecule has 0 atom stereocenters. The first-order valence-corrected chi connectivity index (χ1v) is 11.5. The molecule has 3 rings (SSSR count). The summed E-state index contributed by atoms with van der Waals surface area (Å²) in [5, 5.41) is 6.43. The summed E-state index contributed by atoms with van der Waals surface area (Å²) in [6.45, 7) is 6.66. The molecule has 31 heavy (non-hydrogen) atoms. The Morgan fingerprint density at radius 1 is 1.06 bits per heavy atom. The molecule has 9 heteroatoms. The van der Waals surface area contributed by atoms with Crippen molar-refractivity contribution >= 4 is 68.1 Å². The highest BCUT2D eigenvalue weighted by atomic mass is 79.9. The number of piperazine rings is 1. The summed E-state index contributed by atoms with van der Waals surface area (Å²) in [5.74, 6) is -0.0980. The summed E-state index contributed by atoms with van der Waals surface area (Å²) in [7, 11) is 0. The largest absolute Gasteiger partial charge is 0.367 e. The summed E-state index contributed by atoms with van der Waals surface area (Å²) < 4.78 is 0.896. The molecule has 1 aliphatic heterocycles. The lowest BCUT2D eigenvalue weighted by Gasteiger charge is -2.37. The van der Waals surface area contributed by atoms with Crippen LogP contribution in [0.1, 0.15) is 24.2 Å². The maximum atomic E-state index is 12.3. The maximum absolute atomic E-state index is 12.3. The number of carbonyl (C=O) groups excluding carboxylic acids is 2.